The largest absolute Gasteiger partial charge is 0.271 e. The van der Waals surface area contributed by atoms with E-state index in [1.54, 1.807) is 6.07 Å². The molecule has 1 unspecified atom stereocenters. The SMILES string of the molecule is Cc1cc(C)c(C(NN)c2cc(Br)ccc2Cl)c(F)c1. The summed E-state index contributed by atoms with van der Waals surface area (Å²) in [7, 11) is 0. The molecule has 0 fully saturated rings. The van der Waals surface area contributed by atoms with Crippen LogP contribution in [0.5, 0.6) is 0 Å². The van der Waals surface area contributed by atoms with Crippen molar-refractivity contribution < 1.29 is 4.39 Å². The Kier molecular flexibility index (Phi) is 4.81. The van der Waals surface area contributed by atoms with Crippen LogP contribution in [-0.2, 0) is 0 Å². The Morgan fingerprint density at radius 3 is 2.55 bits per heavy atom. The minimum Gasteiger partial charge on any atom is -0.271 e. The lowest BCUT2D eigenvalue weighted by Crippen LogP contribution is -2.30. The van der Waals surface area contributed by atoms with Crippen LogP contribution >= 0.6 is 27.5 Å². The molecule has 0 aromatic heterocycles. The molecule has 2 aromatic rings. The predicted molar refractivity (Wildman–Crippen MR) is 84.2 cm³/mol. The summed E-state index contributed by atoms with van der Waals surface area (Å²) in [6.07, 6.45) is 0. The third-order valence-corrected chi connectivity index (χ3v) is 4.04. The third-order valence-electron chi connectivity index (χ3n) is 3.21. The molecule has 2 rings (SSSR count). The number of halogens is 3. The second kappa shape index (κ2) is 6.22. The van der Waals surface area contributed by atoms with Crippen LogP contribution in [0.25, 0.3) is 0 Å². The molecule has 106 valence electrons. The fourth-order valence-corrected chi connectivity index (χ4v) is 2.96. The van der Waals surface area contributed by atoms with Gasteiger partial charge in [0.05, 0.1) is 6.04 Å². The second-order valence-corrected chi connectivity index (χ2v) is 6.07. The molecule has 0 saturated carbocycles. The van der Waals surface area contributed by atoms with E-state index >= 15 is 0 Å². The van der Waals surface area contributed by atoms with Gasteiger partial charge in [-0.3, -0.25) is 5.84 Å². The summed E-state index contributed by atoms with van der Waals surface area (Å²) >= 11 is 9.61. The van der Waals surface area contributed by atoms with Crippen molar-refractivity contribution in [1.29, 1.82) is 0 Å². The van der Waals surface area contributed by atoms with Gasteiger partial charge in [0.25, 0.3) is 0 Å². The molecular formula is C15H15BrClFN2. The summed E-state index contributed by atoms with van der Waals surface area (Å²) < 4.78 is 15.2. The van der Waals surface area contributed by atoms with Crippen molar-refractivity contribution >= 4 is 27.5 Å². The highest BCUT2D eigenvalue weighted by Crippen LogP contribution is 2.33. The van der Waals surface area contributed by atoms with Gasteiger partial charge in [-0.25, -0.2) is 9.82 Å². The third kappa shape index (κ3) is 3.04. The number of hydrogen-bond acceptors (Lipinski definition) is 2. The average Bonchev–Trinajstić information content (AvgIpc) is 2.37. The number of hydrazine groups is 1. The lowest BCUT2D eigenvalue weighted by molar-refractivity contribution is 0.556. The van der Waals surface area contributed by atoms with Crippen LogP contribution in [0.3, 0.4) is 0 Å². The van der Waals surface area contributed by atoms with Crippen molar-refractivity contribution in [2.45, 2.75) is 19.9 Å². The number of nitrogens with two attached hydrogens (primary N) is 1. The average molecular weight is 358 g/mol. The fourth-order valence-electron chi connectivity index (χ4n) is 2.36. The lowest BCUT2D eigenvalue weighted by Gasteiger charge is -2.21. The van der Waals surface area contributed by atoms with Crippen LogP contribution in [0.4, 0.5) is 4.39 Å². The van der Waals surface area contributed by atoms with E-state index in [-0.39, 0.29) is 5.82 Å². The zero-order valence-electron chi connectivity index (χ0n) is 11.2. The Balaban J connectivity index is 2.61. The van der Waals surface area contributed by atoms with E-state index in [2.05, 4.69) is 21.4 Å². The highest BCUT2D eigenvalue weighted by molar-refractivity contribution is 9.10. The Labute approximate surface area is 131 Å². The molecule has 1 atom stereocenters. The molecule has 3 N–H and O–H groups in total. The van der Waals surface area contributed by atoms with E-state index in [9.17, 15) is 4.39 Å². The minimum atomic E-state index is -0.499. The summed E-state index contributed by atoms with van der Waals surface area (Å²) in [5.41, 5.74) is 5.61. The second-order valence-electron chi connectivity index (χ2n) is 4.74. The van der Waals surface area contributed by atoms with Gasteiger partial charge in [0.1, 0.15) is 5.82 Å². The maximum absolute atomic E-state index is 14.3. The molecule has 20 heavy (non-hydrogen) atoms. The normalized spacial score (nSPS) is 12.5. The molecule has 5 heteroatoms. The first-order valence-corrected chi connectivity index (χ1v) is 7.29. The fraction of sp³-hybridized carbons (Fsp3) is 0.200. The highest BCUT2D eigenvalue weighted by atomic mass is 79.9. The predicted octanol–water partition coefficient (Wildman–Crippen LogP) is 4.41. The number of nitrogens with one attached hydrogen (secondary N) is 1. The Morgan fingerprint density at radius 1 is 1.25 bits per heavy atom. The number of benzene rings is 2. The molecule has 0 amide bonds. The maximum atomic E-state index is 14.3. The van der Waals surface area contributed by atoms with E-state index in [1.165, 1.54) is 6.07 Å². The van der Waals surface area contributed by atoms with Gasteiger partial charge in [-0.1, -0.05) is 33.6 Å². The van der Waals surface area contributed by atoms with Gasteiger partial charge in [0.2, 0.25) is 0 Å². The van der Waals surface area contributed by atoms with Crippen molar-refractivity contribution in [1.82, 2.24) is 5.43 Å². The minimum absolute atomic E-state index is 0.290. The molecule has 0 saturated heterocycles. The van der Waals surface area contributed by atoms with E-state index in [0.29, 0.717) is 10.6 Å². The Bertz CT molecular complexity index is 623. The van der Waals surface area contributed by atoms with Crippen LogP contribution in [0, 0.1) is 19.7 Å². The maximum Gasteiger partial charge on any atom is 0.128 e. The lowest BCUT2D eigenvalue weighted by atomic mass is 9.93. The molecular weight excluding hydrogens is 343 g/mol. The number of aryl methyl sites for hydroxylation is 2. The van der Waals surface area contributed by atoms with E-state index in [1.807, 2.05) is 32.0 Å². The quantitative estimate of drug-likeness (QED) is 0.631. The van der Waals surface area contributed by atoms with Crippen molar-refractivity contribution in [2.75, 3.05) is 0 Å². The van der Waals surface area contributed by atoms with Crippen LogP contribution in [0.1, 0.15) is 28.3 Å². The van der Waals surface area contributed by atoms with E-state index in [4.69, 9.17) is 17.4 Å². The van der Waals surface area contributed by atoms with E-state index in [0.717, 1.165) is 21.2 Å². The first kappa shape index (κ1) is 15.4. The molecule has 0 radical (unpaired) electrons. The Morgan fingerprint density at radius 2 is 1.95 bits per heavy atom. The van der Waals surface area contributed by atoms with Gasteiger partial charge in [-0.05, 0) is 54.8 Å². The van der Waals surface area contributed by atoms with Crippen molar-refractivity contribution in [3.8, 4) is 0 Å². The van der Waals surface area contributed by atoms with Crippen molar-refractivity contribution in [2.24, 2.45) is 5.84 Å². The topological polar surface area (TPSA) is 38.0 Å². The molecule has 2 aromatic carbocycles. The first-order valence-electron chi connectivity index (χ1n) is 6.11. The summed E-state index contributed by atoms with van der Waals surface area (Å²) in [5.74, 6) is 5.35. The van der Waals surface area contributed by atoms with Crippen LogP contribution < -0.4 is 11.3 Å². The summed E-state index contributed by atoms with van der Waals surface area (Å²) in [5, 5.41) is 0.538. The summed E-state index contributed by atoms with van der Waals surface area (Å²) in [4.78, 5) is 0. The monoisotopic (exact) mass is 356 g/mol. The summed E-state index contributed by atoms with van der Waals surface area (Å²) in [6, 6.07) is 8.35. The van der Waals surface area contributed by atoms with E-state index < -0.39 is 6.04 Å². The number of rotatable bonds is 3. The van der Waals surface area contributed by atoms with Gasteiger partial charge >= 0.3 is 0 Å². The molecule has 0 heterocycles. The standard InChI is InChI=1S/C15H15BrClFN2/c1-8-5-9(2)14(13(18)6-8)15(20-19)11-7-10(16)3-4-12(11)17/h3-7,15,20H,19H2,1-2H3. The molecule has 0 spiro atoms. The van der Waals surface area contributed by atoms with Gasteiger partial charge in [0.15, 0.2) is 0 Å². The highest BCUT2D eigenvalue weighted by Gasteiger charge is 2.21. The zero-order chi connectivity index (χ0) is 14.9. The van der Waals surface area contributed by atoms with Gasteiger partial charge in [0, 0.05) is 15.1 Å². The zero-order valence-corrected chi connectivity index (χ0v) is 13.5. The first-order chi connectivity index (χ1) is 9.43. The van der Waals surface area contributed by atoms with Gasteiger partial charge < -0.3 is 0 Å². The summed E-state index contributed by atoms with van der Waals surface area (Å²) in [6.45, 7) is 3.72. The van der Waals surface area contributed by atoms with Crippen LogP contribution in [-0.4, -0.2) is 0 Å². The van der Waals surface area contributed by atoms with Crippen LogP contribution in [0.2, 0.25) is 5.02 Å². The molecule has 0 aliphatic rings. The van der Waals surface area contributed by atoms with Crippen molar-refractivity contribution in [3.05, 3.63) is 67.9 Å². The Hall–Kier alpha value is -0.940. The van der Waals surface area contributed by atoms with Crippen molar-refractivity contribution in [3.63, 3.8) is 0 Å². The number of hydrogen-bond donors (Lipinski definition) is 2. The van der Waals surface area contributed by atoms with Crippen LogP contribution in [0.15, 0.2) is 34.8 Å². The van der Waals surface area contributed by atoms with Gasteiger partial charge in [-0.2, -0.15) is 0 Å². The molecule has 0 aliphatic carbocycles. The smallest absolute Gasteiger partial charge is 0.128 e. The molecule has 0 bridgehead atoms. The molecule has 0 aliphatic heterocycles. The van der Waals surface area contributed by atoms with Gasteiger partial charge in [-0.15, -0.1) is 0 Å². The molecule has 2 nitrogen and oxygen atoms in total.